The first-order valence-electron chi connectivity index (χ1n) is 7.16. The van der Waals surface area contributed by atoms with Gasteiger partial charge >= 0.3 is 0 Å². The van der Waals surface area contributed by atoms with E-state index >= 15 is 0 Å². The van der Waals surface area contributed by atoms with Gasteiger partial charge in [0.05, 0.1) is 23.8 Å². The first-order valence-corrected chi connectivity index (χ1v) is 7.54. The number of nitrogens with zero attached hydrogens (tertiary/aromatic N) is 2. The van der Waals surface area contributed by atoms with Crippen molar-refractivity contribution in [2.24, 2.45) is 0 Å². The standard InChI is InChI=1S/C17H14ClFN2O2/c18-12-2-7-16-15(10-12)17(22)21(11-20-16)8-1-9-23-14-5-3-13(19)4-6-14/h2-7,10-11H,1,8-9H2. The van der Waals surface area contributed by atoms with Crippen LogP contribution in [0.4, 0.5) is 4.39 Å². The molecule has 0 amide bonds. The van der Waals surface area contributed by atoms with Crippen LogP contribution in [0.5, 0.6) is 5.75 Å². The van der Waals surface area contributed by atoms with E-state index in [1.165, 1.54) is 23.0 Å². The number of aromatic nitrogens is 2. The monoisotopic (exact) mass is 332 g/mol. The molecule has 118 valence electrons. The number of benzene rings is 2. The van der Waals surface area contributed by atoms with Crippen molar-refractivity contribution in [2.45, 2.75) is 13.0 Å². The maximum atomic E-state index is 12.8. The van der Waals surface area contributed by atoms with Crippen molar-refractivity contribution in [1.82, 2.24) is 9.55 Å². The Labute approximate surface area is 137 Å². The molecule has 6 heteroatoms. The molecule has 0 saturated heterocycles. The van der Waals surface area contributed by atoms with E-state index in [1.807, 2.05) is 0 Å². The fourth-order valence-electron chi connectivity index (χ4n) is 2.25. The fraction of sp³-hybridized carbons (Fsp3) is 0.176. The highest BCUT2D eigenvalue weighted by molar-refractivity contribution is 6.31. The Balaban J connectivity index is 1.64. The molecule has 3 rings (SSSR count). The Morgan fingerprint density at radius 2 is 1.96 bits per heavy atom. The van der Waals surface area contributed by atoms with Crippen LogP contribution < -0.4 is 10.3 Å². The van der Waals surface area contributed by atoms with Crippen molar-refractivity contribution in [3.63, 3.8) is 0 Å². The summed E-state index contributed by atoms with van der Waals surface area (Å²) in [7, 11) is 0. The van der Waals surface area contributed by atoms with E-state index in [9.17, 15) is 9.18 Å². The number of ether oxygens (including phenoxy) is 1. The molecule has 2 aromatic carbocycles. The van der Waals surface area contributed by atoms with Gasteiger partial charge in [0.2, 0.25) is 0 Å². The molecule has 1 aromatic heterocycles. The summed E-state index contributed by atoms with van der Waals surface area (Å²) in [5, 5.41) is 1.01. The molecule has 0 spiro atoms. The van der Waals surface area contributed by atoms with Crippen molar-refractivity contribution >= 4 is 22.5 Å². The van der Waals surface area contributed by atoms with E-state index in [2.05, 4.69) is 4.98 Å². The molecule has 3 aromatic rings. The van der Waals surface area contributed by atoms with Gasteiger partial charge in [-0.05, 0) is 48.9 Å². The van der Waals surface area contributed by atoms with Crippen LogP contribution in [0.25, 0.3) is 10.9 Å². The Kier molecular flexibility index (Phi) is 4.57. The van der Waals surface area contributed by atoms with Crippen LogP contribution in [0.1, 0.15) is 6.42 Å². The molecule has 0 fully saturated rings. The summed E-state index contributed by atoms with van der Waals surface area (Å²) < 4.78 is 19.8. The third-order valence-corrected chi connectivity index (χ3v) is 3.65. The molecule has 0 aliphatic heterocycles. The lowest BCUT2D eigenvalue weighted by atomic mass is 10.2. The van der Waals surface area contributed by atoms with E-state index in [0.717, 1.165) is 0 Å². The van der Waals surface area contributed by atoms with Gasteiger partial charge in [-0.25, -0.2) is 9.37 Å². The first-order chi connectivity index (χ1) is 11.1. The zero-order chi connectivity index (χ0) is 16.2. The highest BCUT2D eigenvalue weighted by Crippen LogP contribution is 2.14. The normalized spacial score (nSPS) is 10.9. The minimum absolute atomic E-state index is 0.126. The lowest BCUT2D eigenvalue weighted by Crippen LogP contribution is -2.21. The zero-order valence-corrected chi connectivity index (χ0v) is 13.0. The van der Waals surface area contributed by atoms with Gasteiger partial charge in [0, 0.05) is 11.6 Å². The zero-order valence-electron chi connectivity index (χ0n) is 12.2. The maximum absolute atomic E-state index is 12.8. The molecule has 0 bridgehead atoms. The molecular weight excluding hydrogens is 319 g/mol. The number of hydrogen-bond donors (Lipinski definition) is 0. The molecule has 0 aliphatic carbocycles. The van der Waals surface area contributed by atoms with Crippen LogP contribution in [-0.2, 0) is 6.54 Å². The summed E-state index contributed by atoms with van der Waals surface area (Å²) in [6, 6.07) is 10.9. The molecule has 4 nitrogen and oxygen atoms in total. The SMILES string of the molecule is O=c1c2cc(Cl)ccc2ncn1CCCOc1ccc(F)cc1. The molecule has 0 saturated carbocycles. The van der Waals surface area contributed by atoms with Crippen molar-refractivity contribution in [3.05, 3.63) is 70.0 Å². The first kappa shape index (κ1) is 15.5. The van der Waals surface area contributed by atoms with Gasteiger partial charge in [-0.1, -0.05) is 11.6 Å². The van der Waals surface area contributed by atoms with Crippen LogP contribution in [0.2, 0.25) is 5.02 Å². The van der Waals surface area contributed by atoms with E-state index < -0.39 is 0 Å². The van der Waals surface area contributed by atoms with Gasteiger partial charge in [0.25, 0.3) is 5.56 Å². The summed E-state index contributed by atoms with van der Waals surface area (Å²) in [6.07, 6.45) is 2.15. The average Bonchev–Trinajstić information content (AvgIpc) is 2.55. The predicted octanol–water partition coefficient (Wildman–Crippen LogP) is 3.66. The van der Waals surface area contributed by atoms with E-state index in [4.69, 9.17) is 16.3 Å². The van der Waals surface area contributed by atoms with Gasteiger partial charge in [-0.15, -0.1) is 0 Å². The van der Waals surface area contributed by atoms with Crippen LogP contribution >= 0.6 is 11.6 Å². The van der Waals surface area contributed by atoms with Crippen molar-refractivity contribution in [1.29, 1.82) is 0 Å². The van der Waals surface area contributed by atoms with E-state index in [1.54, 1.807) is 30.3 Å². The largest absolute Gasteiger partial charge is 0.494 e. The highest BCUT2D eigenvalue weighted by Gasteiger charge is 2.05. The molecule has 0 atom stereocenters. The summed E-state index contributed by atoms with van der Waals surface area (Å²) in [5.41, 5.74) is 0.498. The van der Waals surface area contributed by atoms with Crippen LogP contribution in [0.15, 0.2) is 53.6 Å². The Morgan fingerprint density at radius 3 is 2.74 bits per heavy atom. The lowest BCUT2D eigenvalue weighted by molar-refractivity contribution is 0.300. The van der Waals surface area contributed by atoms with Crippen LogP contribution in [0, 0.1) is 5.82 Å². The molecule has 0 aliphatic rings. The quantitative estimate of drug-likeness (QED) is 0.670. The minimum Gasteiger partial charge on any atom is -0.494 e. The van der Waals surface area contributed by atoms with Crippen molar-refractivity contribution in [3.8, 4) is 5.75 Å². The smallest absolute Gasteiger partial charge is 0.261 e. The van der Waals surface area contributed by atoms with Crippen LogP contribution in [0.3, 0.4) is 0 Å². The van der Waals surface area contributed by atoms with Gasteiger partial charge in [-0.3, -0.25) is 9.36 Å². The number of rotatable bonds is 5. The molecule has 0 unspecified atom stereocenters. The van der Waals surface area contributed by atoms with Gasteiger partial charge in [-0.2, -0.15) is 0 Å². The third kappa shape index (κ3) is 3.68. The second kappa shape index (κ2) is 6.79. The number of halogens is 2. The number of hydrogen-bond acceptors (Lipinski definition) is 3. The lowest BCUT2D eigenvalue weighted by Gasteiger charge is -2.08. The van der Waals surface area contributed by atoms with Crippen LogP contribution in [-0.4, -0.2) is 16.2 Å². The van der Waals surface area contributed by atoms with Gasteiger partial charge in [0.1, 0.15) is 11.6 Å². The van der Waals surface area contributed by atoms with Crippen molar-refractivity contribution in [2.75, 3.05) is 6.61 Å². The Bertz CT molecular complexity index is 878. The van der Waals surface area contributed by atoms with Gasteiger partial charge in [0.15, 0.2) is 0 Å². The molecule has 1 heterocycles. The Hall–Kier alpha value is -2.40. The second-order valence-corrected chi connectivity index (χ2v) is 5.50. The molecule has 0 N–H and O–H groups in total. The molecular formula is C17H14ClFN2O2. The summed E-state index contributed by atoms with van der Waals surface area (Å²) in [5.74, 6) is 0.298. The van der Waals surface area contributed by atoms with E-state index in [0.29, 0.717) is 41.2 Å². The maximum Gasteiger partial charge on any atom is 0.261 e. The highest BCUT2D eigenvalue weighted by atomic mass is 35.5. The number of fused-ring (bicyclic) bond motifs is 1. The summed E-state index contributed by atoms with van der Waals surface area (Å²) in [4.78, 5) is 16.6. The predicted molar refractivity (Wildman–Crippen MR) is 87.5 cm³/mol. The van der Waals surface area contributed by atoms with E-state index in [-0.39, 0.29) is 11.4 Å². The van der Waals surface area contributed by atoms with Gasteiger partial charge < -0.3 is 4.74 Å². The molecule has 23 heavy (non-hydrogen) atoms. The molecule has 0 radical (unpaired) electrons. The minimum atomic E-state index is -0.301. The second-order valence-electron chi connectivity index (χ2n) is 5.06. The van der Waals surface area contributed by atoms with Crippen molar-refractivity contribution < 1.29 is 9.13 Å². The topological polar surface area (TPSA) is 44.1 Å². The third-order valence-electron chi connectivity index (χ3n) is 3.41. The fourth-order valence-corrected chi connectivity index (χ4v) is 2.42. The Morgan fingerprint density at radius 1 is 1.17 bits per heavy atom. The summed E-state index contributed by atoms with van der Waals surface area (Å²) >= 11 is 5.93. The summed E-state index contributed by atoms with van der Waals surface area (Å²) in [6.45, 7) is 0.904. The number of aryl methyl sites for hydroxylation is 1. The average molecular weight is 333 g/mol.